The van der Waals surface area contributed by atoms with Crippen LogP contribution in [0.25, 0.3) is 0 Å². The van der Waals surface area contributed by atoms with Gasteiger partial charge in [0.2, 0.25) is 5.60 Å². The van der Waals surface area contributed by atoms with Crippen molar-refractivity contribution in [2.75, 3.05) is 11.5 Å². The molecule has 2 bridgehead atoms. The second kappa shape index (κ2) is 6.51. The first-order valence-corrected chi connectivity index (χ1v) is 11.9. The maximum absolute atomic E-state index is 13.3. The summed E-state index contributed by atoms with van der Waals surface area (Å²) in [5, 5.41) is 0. The smallest absolute Gasteiger partial charge is 0.356 e. The van der Waals surface area contributed by atoms with Gasteiger partial charge in [0.05, 0.1) is 5.41 Å². The third-order valence-electron chi connectivity index (χ3n) is 7.66. The second-order valence-corrected chi connectivity index (χ2v) is 11.7. The van der Waals surface area contributed by atoms with Crippen LogP contribution in [0.3, 0.4) is 0 Å². The van der Waals surface area contributed by atoms with Crippen molar-refractivity contribution in [3.63, 3.8) is 0 Å². The Morgan fingerprint density at radius 2 is 1.64 bits per heavy atom. The lowest BCUT2D eigenvalue weighted by atomic mass is 9.66. The molecule has 152 valence electrons. The molecule has 0 N–H and O–H groups in total. The maximum Gasteiger partial charge on any atom is 0.356 e. The topological polar surface area (TPSA) is 52.6 Å². The van der Waals surface area contributed by atoms with Crippen LogP contribution in [0.15, 0.2) is 17.0 Å². The van der Waals surface area contributed by atoms with Gasteiger partial charge in [0, 0.05) is 16.3 Å². The average molecular weight is 404 g/mol. The number of hydrogen-bond acceptors (Lipinski definition) is 4. The van der Waals surface area contributed by atoms with E-state index < -0.39 is 22.4 Å². The number of benzene rings is 1. The number of esters is 2. The van der Waals surface area contributed by atoms with E-state index in [2.05, 4.69) is 12.1 Å². The largest absolute Gasteiger partial charge is 0.446 e. The number of carbonyl (C=O) groups excluding carboxylic acids is 2. The van der Waals surface area contributed by atoms with Gasteiger partial charge in [-0.2, -0.15) is 0 Å². The van der Waals surface area contributed by atoms with Gasteiger partial charge in [-0.15, -0.1) is 0 Å². The monoisotopic (exact) mass is 403 g/mol. The summed E-state index contributed by atoms with van der Waals surface area (Å²) in [5.74, 6) is 2.46. The fourth-order valence-corrected chi connectivity index (χ4v) is 7.65. The Bertz CT molecular complexity index is 816. The Balaban J connectivity index is 1.61. The van der Waals surface area contributed by atoms with Gasteiger partial charge in [-0.3, -0.25) is 4.79 Å². The van der Waals surface area contributed by atoms with E-state index in [0.29, 0.717) is 29.5 Å². The molecule has 1 aromatic rings. The molecular formula is C23H31O4S+. The fourth-order valence-electron chi connectivity index (χ4n) is 5.18. The number of carbonyl (C=O) groups is 2. The molecule has 3 fully saturated rings. The maximum atomic E-state index is 13.3. The lowest BCUT2D eigenvalue weighted by Gasteiger charge is -2.34. The van der Waals surface area contributed by atoms with Gasteiger partial charge >= 0.3 is 11.9 Å². The van der Waals surface area contributed by atoms with E-state index >= 15 is 0 Å². The predicted molar refractivity (Wildman–Crippen MR) is 111 cm³/mol. The van der Waals surface area contributed by atoms with E-state index in [4.69, 9.17) is 9.47 Å². The molecule has 1 saturated carbocycles. The van der Waals surface area contributed by atoms with Crippen molar-refractivity contribution < 1.29 is 19.1 Å². The summed E-state index contributed by atoms with van der Waals surface area (Å²) < 4.78 is 11.6. The molecule has 2 heterocycles. The summed E-state index contributed by atoms with van der Waals surface area (Å²) >= 11 is 0. The highest BCUT2D eigenvalue weighted by molar-refractivity contribution is 7.96. The van der Waals surface area contributed by atoms with E-state index in [1.807, 2.05) is 34.6 Å². The highest BCUT2D eigenvalue weighted by atomic mass is 32.2. The number of hydrogen-bond donors (Lipinski definition) is 0. The molecule has 0 amide bonds. The molecule has 2 saturated heterocycles. The van der Waals surface area contributed by atoms with Crippen molar-refractivity contribution in [1.82, 2.24) is 0 Å². The van der Waals surface area contributed by atoms with E-state index in [-0.39, 0.29) is 5.97 Å². The average Bonchev–Trinajstić information content (AvgIpc) is 2.95. The summed E-state index contributed by atoms with van der Waals surface area (Å²) in [7, 11) is 0.313. The Morgan fingerprint density at radius 3 is 2.14 bits per heavy atom. The lowest BCUT2D eigenvalue weighted by Crippen LogP contribution is -2.50. The molecule has 0 spiro atoms. The SMILES string of the molecule is Cc1cc([S+]2CCCCC2)cc(C)c1OC(=O)C12CCC(C)(C(=O)O1)C2(C)C. The van der Waals surface area contributed by atoms with Gasteiger partial charge in [0.15, 0.2) is 4.90 Å². The quantitative estimate of drug-likeness (QED) is 0.424. The molecule has 4 rings (SSSR count). The van der Waals surface area contributed by atoms with Crippen LogP contribution >= 0.6 is 0 Å². The molecule has 3 aliphatic rings. The molecule has 0 aromatic heterocycles. The first-order chi connectivity index (χ1) is 13.1. The molecule has 0 radical (unpaired) electrons. The fraction of sp³-hybridized carbons (Fsp3) is 0.652. The zero-order valence-corrected chi connectivity index (χ0v) is 18.5. The first-order valence-electron chi connectivity index (χ1n) is 10.4. The highest BCUT2D eigenvalue weighted by Crippen LogP contribution is 2.65. The third kappa shape index (κ3) is 2.58. The minimum Gasteiger partial charge on any atom is -0.446 e. The van der Waals surface area contributed by atoms with Gasteiger partial charge in [0.1, 0.15) is 17.3 Å². The van der Waals surface area contributed by atoms with Crippen LogP contribution in [0.4, 0.5) is 0 Å². The summed E-state index contributed by atoms with van der Waals surface area (Å²) in [5.41, 5.74) is -0.412. The van der Waals surface area contributed by atoms with Crippen molar-refractivity contribution >= 4 is 22.8 Å². The van der Waals surface area contributed by atoms with Crippen molar-refractivity contribution in [3.8, 4) is 5.75 Å². The normalized spacial score (nSPS) is 31.7. The Kier molecular flexibility index (Phi) is 4.61. The predicted octanol–water partition coefficient (Wildman–Crippen LogP) is 4.49. The van der Waals surface area contributed by atoms with Crippen LogP contribution in [0.1, 0.15) is 64.0 Å². The van der Waals surface area contributed by atoms with Gasteiger partial charge in [-0.05, 0) is 76.1 Å². The van der Waals surface area contributed by atoms with E-state index in [1.165, 1.54) is 35.7 Å². The van der Waals surface area contributed by atoms with Gasteiger partial charge in [0.25, 0.3) is 0 Å². The summed E-state index contributed by atoms with van der Waals surface area (Å²) in [6, 6.07) is 4.37. The van der Waals surface area contributed by atoms with Crippen LogP contribution < -0.4 is 4.74 Å². The molecule has 1 aromatic carbocycles. The standard InChI is InChI=1S/C23H31O4S/c1-15-13-17(28-11-7-6-8-12-28)14-16(2)18(15)26-20(25)23-10-9-22(5,19(24)27-23)21(23,3)4/h13-14H,6-12H2,1-5H3/q+1. The molecule has 2 aliphatic heterocycles. The van der Waals surface area contributed by atoms with Crippen LogP contribution in [0.5, 0.6) is 5.75 Å². The van der Waals surface area contributed by atoms with E-state index in [0.717, 1.165) is 11.1 Å². The summed E-state index contributed by atoms with van der Waals surface area (Å²) in [6.07, 6.45) is 5.14. The highest BCUT2D eigenvalue weighted by Gasteiger charge is 2.76. The number of aryl methyl sites for hydroxylation is 2. The van der Waals surface area contributed by atoms with Crippen molar-refractivity contribution in [3.05, 3.63) is 23.3 Å². The molecule has 1 aliphatic carbocycles. The Morgan fingerprint density at radius 1 is 1.04 bits per heavy atom. The molecule has 28 heavy (non-hydrogen) atoms. The Labute approximate surface area is 170 Å². The zero-order chi connectivity index (χ0) is 20.3. The van der Waals surface area contributed by atoms with E-state index in [1.54, 1.807) is 0 Å². The molecule has 4 nitrogen and oxygen atoms in total. The van der Waals surface area contributed by atoms with Crippen molar-refractivity contribution in [1.29, 1.82) is 0 Å². The lowest BCUT2D eigenvalue weighted by molar-refractivity contribution is -0.176. The third-order valence-corrected chi connectivity index (χ3v) is 10.1. The molecular weight excluding hydrogens is 372 g/mol. The van der Waals surface area contributed by atoms with Crippen LogP contribution in [-0.4, -0.2) is 29.0 Å². The molecule has 2 atom stereocenters. The summed E-state index contributed by atoms with van der Waals surface area (Å²) in [4.78, 5) is 27.1. The van der Waals surface area contributed by atoms with Gasteiger partial charge in [-0.1, -0.05) is 13.8 Å². The van der Waals surface area contributed by atoms with E-state index in [9.17, 15) is 9.59 Å². The van der Waals surface area contributed by atoms with Crippen LogP contribution in [-0.2, 0) is 25.2 Å². The Hall–Kier alpha value is -1.49. The van der Waals surface area contributed by atoms with Gasteiger partial charge < -0.3 is 9.47 Å². The number of rotatable bonds is 3. The number of fused-ring (bicyclic) bond motifs is 2. The summed E-state index contributed by atoms with van der Waals surface area (Å²) in [6.45, 7) is 9.84. The molecule has 2 unspecified atom stereocenters. The van der Waals surface area contributed by atoms with Crippen molar-refractivity contribution in [2.24, 2.45) is 10.8 Å². The second-order valence-electron chi connectivity index (χ2n) is 9.41. The zero-order valence-electron chi connectivity index (χ0n) is 17.6. The minimum absolute atomic E-state index is 0.275. The van der Waals surface area contributed by atoms with Gasteiger partial charge in [-0.25, -0.2) is 4.79 Å². The molecule has 5 heteroatoms. The van der Waals surface area contributed by atoms with Crippen LogP contribution in [0.2, 0.25) is 0 Å². The van der Waals surface area contributed by atoms with Crippen molar-refractivity contribution in [2.45, 2.75) is 77.2 Å². The minimum atomic E-state index is -1.18. The van der Waals surface area contributed by atoms with Crippen LogP contribution in [0, 0.1) is 24.7 Å². The number of ether oxygens (including phenoxy) is 2. The first kappa shape index (κ1) is 19.8.